The number of urea groups is 1. The lowest BCUT2D eigenvalue weighted by Crippen LogP contribution is -2.31. The smallest absolute Gasteiger partial charge is 0.319 e. The number of amides is 2. The van der Waals surface area contributed by atoms with Gasteiger partial charge in [0.15, 0.2) is 0 Å². The SMILES string of the molecule is COc1ccc(OC)c(C(C)NC(=O)Nc2ccccc2-n2nc(C)cc2C)c1. The molecule has 29 heavy (non-hydrogen) atoms. The third-order valence-corrected chi connectivity index (χ3v) is 4.64. The average Bonchev–Trinajstić information content (AvgIpc) is 3.05. The van der Waals surface area contributed by atoms with Gasteiger partial charge in [-0.3, -0.25) is 0 Å². The molecule has 0 bridgehead atoms. The second-order valence-electron chi connectivity index (χ2n) is 6.78. The van der Waals surface area contributed by atoms with Gasteiger partial charge >= 0.3 is 6.03 Å². The van der Waals surface area contributed by atoms with Crippen LogP contribution in [0.5, 0.6) is 11.5 Å². The minimum atomic E-state index is -0.323. The molecular weight excluding hydrogens is 368 g/mol. The topological polar surface area (TPSA) is 77.4 Å². The standard InChI is InChI=1S/C22H26N4O3/c1-14-12-15(2)26(25-14)20-9-7-6-8-19(20)24-22(27)23-16(3)18-13-17(28-4)10-11-21(18)29-5/h6-13,16H,1-5H3,(H2,23,24,27). The number of ether oxygens (including phenoxy) is 2. The van der Waals surface area contributed by atoms with Gasteiger partial charge in [0.25, 0.3) is 0 Å². The number of para-hydroxylation sites is 2. The molecule has 2 amide bonds. The minimum absolute atomic E-state index is 0.291. The van der Waals surface area contributed by atoms with E-state index >= 15 is 0 Å². The number of rotatable bonds is 6. The Morgan fingerprint density at radius 3 is 2.48 bits per heavy atom. The molecule has 0 aliphatic carbocycles. The van der Waals surface area contributed by atoms with Gasteiger partial charge in [-0.25, -0.2) is 9.48 Å². The lowest BCUT2D eigenvalue weighted by atomic mass is 10.1. The highest BCUT2D eigenvalue weighted by Crippen LogP contribution is 2.29. The first-order valence-electron chi connectivity index (χ1n) is 9.35. The summed E-state index contributed by atoms with van der Waals surface area (Å²) in [6, 6.07) is 14.4. The molecule has 0 aliphatic rings. The van der Waals surface area contributed by atoms with Crippen LogP contribution in [0.2, 0.25) is 0 Å². The van der Waals surface area contributed by atoms with Crippen LogP contribution in [0.4, 0.5) is 10.5 Å². The van der Waals surface area contributed by atoms with E-state index in [0.29, 0.717) is 17.2 Å². The molecule has 3 rings (SSSR count). The number of hydrogen-bond acceptors (Lipinski definition) is 4. The van der Waals surface area contributed by atoms with Crippen LogP contribution in [0.3, 0.4) is 0 Å². The summed E-state index contributed by atoms with van der Waals surface area (Å²) in [4.78, 5) is 12.7. The van der Waals surface area contributed by atoms with Crippen molar-refractivity contribution in [3.8, 4) is 17.2 Å². The molecule has 0 saturated carbocycles. The van der Waals surface area contributed by atoms with Crippen molar-refractivity contribution in [1.82, 2.24) is 15.1 Å². The number of carbonyl (C=O) groups is 1. The summed E-state index contributed by atoms with van der Waals surface area (Å²) < 4.78 is 12.5. The molecule has 3 aromatic rings. The fourth-order valence-corrected chi connectivity index (χ4v) is 3.25. The summed E-state index contributed by atoms with van der Waals surface area (Å²) in [5, 5.41) is 10.4. The summed E-state index contributed by atoms with van der Waals surface area (Å²) in [6.45, 7) is 5.81. The van der Waals surface area contributed by atoms with E-state index < -0.39 is 0 Å². The number of nitrogens with one attached hydrogen (secondary N) is 2. The van der Waals surface area contributed by atoms with Gasteiger partial charge in [0.2, 0.25) is 0 Å². The highest BCUT2D eigenvalue weighted by molar-refractivity contribution is 5.91. The Kier molecular flexibility index (Phi) is 6.07. The summed E-state index contributed by atoms with van der Waals surface area (Å²) in [5.41, 5.74) is 4.21. The van der Waals surface area contributed by atoms with Crippen molar-refractivity contribution < 1.29 is 14.3 Å². The normalized spacial score (nSPS) is 11.6. The fourth-order valence-electron chi connectivity index (χ4n) is 3.25. The minimum Gasteiger partial charge on any atom is -0.497 e. The Morgan fingerprint density at radius 2 is 1.83 bits per heavy atom. The Balaban J connectivity index is 1.79. The quantitative estimate of drug-likeness (QED) is 0.650. The van der Waals surface area contributed by atoms with Gasteiger partial charge in [0.1, 0.15) is 11.5 Å². The van der Waals surface area contributed by atoms with E-state index in [4.69, 9.17) is 9.47 Å². The number of anilines is 1. The number of aromatic nitrogens is 2. The van der Waals surface area contributed by atoms with Crippen molar-refractivity contribution in [1.29, 1.82) is 0 Å². The van der Waals surface area contributed by atoms with E-state index in [1.54, 1.807) is 14.2 Å². The summed E-state index contributed by atoms with van der Waals surface area (Å²) in [6.07, 6.45) is 0. The molecule has 0 spiro atoms. The molecule has 0 saturated heterocycles. The fraction of sp³-hybridized carbons (Fsp3) is 0.273. The van der Waals surface area contributed by atoms with E-state index in [1.807, 2.05) is 74.0 Å². The molecule has 1 unspecified atom stereocenters. The number of hydrogen-bond donors (Lipinski definition) is 2. The summed E-state index contributed by atoms with van der Waals surface area (Å²) in [5.74, 6) is 1.38. The number of benzene rings is 2. The van der Waals surface area contributed by atoms with Crippen molar-refractivity contribution >= 4 is 11.7 Å². The first kappa shape index (κ1) is 20.3. The lowest BCUT2D eigenvalue weighted by molar-refractivity contribution is 0.249. The molecule has 0 fully saturated rings. The van der Waals surface area contributed by atoms with Gasteiger partial charge in [-0.1, -0.05) is 12.1 Å². The van der Waals surface area contributed by atoms with Gasteiger partial charge < -0.3 is 20.1 Å². The van der Waals surface area contributed by atoms with E-state index in [9.17, 15) is 4.79 Å². The van der Waals surface area contributed by atoms with Gasteiger partial charge in [-0.2, -0.15) is 5.10 Å². The van der Waals surface area contributed by atoms with Crippen LogP contribution in [0.1, 0.15) is 29.9 Å². The van der Waals surface area contributed by atoms with Crippen LogP contribution in [0, 0.1) is 13.8 Å². The van der Waals surface area contributed by atoms with Crippen molar-refractivity contribution in [2.24, 2.45) is 0 Å². The molecule has 0 aliphatic heterocycles. The van der Waals surface area contributed by atoms with Crippen molar-refractivity contribution in [2.75, 3.05) is 19.5 Å². The van der Waals surface area contributed by atoms with Gasteiger partial charge in [-0.15, -0.1) is 0 Å². The van der Waals surface area contributed by atoms with Crippen molar-refractivity contribution in [2.45, 2.75) is 26.8 Å². The Hall–Kier alpha value is -3.48. The molecular formula is C22H26N4O3. The number of carbonyl (C=O) groups excluding carboxylic acids is 1. The molecule has 7 nitrogen and oxygen atoms in total. The second-order valence-corrected chi connectivity index (χ2v) is 6.78. The highest BCUT2D eigenvalue weighted by atomic mass is 16.5. The van der Waals surface area contributed by atoms with Crippen LogP contribution in [0.25, 0.3) is 5.69 Å². The maximum Gasteiger partial charge on any atom is 0.319 e. The van der Waals surface area contributed by atoms with Crippen LogP contribution in [0.15, 0.2) is 48.5 Å². The summed E-state index contributed by atoms with van der Waals surface area (Å²) >= 11 is 0. The van der Waals surface area contributed by atoms with E-state index in [1.165, 1.54) is 0 Å². The van der Waals surface area contributed by atoms with Crippen LogP contribution in [-0.4, -0.2) is 30.0 Å². The maximum absolute atomic E-state index is 12.7. The average molecular weight is 394 g/mol. The second kappa shape index (κ2) is 8.68. The molecule has 1 atom stereocenters. The zero-order valence-corrected chi connectivity index (χ0v) is 17.3. The monoisotopic (exact) mass is 394 g/mol. The largest absolute Gasteiger partial charge is 0.497 e. The predicted octanol–water partition coefficient (Wildman–Crippen LogP) is 4.39. The van der Waals surface area contributed by atoms with Crippen LogP contribution >= 0.6 is 0 Å². The summed E-state index contributed by atoms with van der Waals surface area (Å²) in [7, 11) is 3.20. The maximum atomic E-state index is 12.7. The molecule has 152 valence electrons. The third kappa shape index (κ3) is 4.51. The number of nitrogens with zero attached hydrogens (tertiary/aromatic N) is 2. The Bertz CT molecular complexity index is 1010. The van der Waals surface area contributed by atoms with Crippen molar-refractivity contribution in [3.05, 3.63) is 65.5 Å². The third-order valence-electron chi connectivity index (χ3n) is 4.64. The zero-order chi connectivity index (χ0) is 21.0. The molecule has 1 aromatic heterocycles. The van der Waals surface area contributed by atoms with Crippen LogP contribution in [-0.2, 0) is 0 Å². The molecule has 2 N–H and O–H groups in total. The van der Waals surface area contributed by atoms with E-state index in [0.717, 1.165) is 22.6 Å². The first-order chi connectivity index (χ1) is 13.9. The highest BCUT2D eigenvalue weighted by Gasteiger charge is 2.17. The molecule has 0 radical (unpaired) electrons. The predicted molar refractivity (Wildman–Crippen MR) is 113 cm³/mol. The van der Waals surface area contributed by atoms with E-state index in [2.05, 4.69) is 15.7 Å². The lowest BCUT2D eigenvalue weighted by Gasteiger charge is -2.19. The Labute approximate surface area is 170 Å². The van der Waals surface area contributed by atoms with Crippen molar-refractivity contribution in [3.63, 3.8) is 0 Å². The molecule has 2 aromatic carbocycles. The Morgan fingerprint density at radius 1 is 1.07 bits per heavy atom. The van der Waals surface area contributed by atoms with Gasteiger partial charge in [-0.05, 0) is 57.2 Å². The van der Waals surface area contributed by atoms with Gasteiger partial charge in [0.05, 0.1) is 37.3 Å². The number of aryl methyl sites for hydroxylation is 2. The first-order valence-corrected chi connectivity index (χ1v) is 9.35. The van der Waals surface area contributed by atoms with Crippen LogP contribution < -0.4 is 20.1 Å². The van der Waals surface area contributed by atoms with Gasteiger partial charge in [0, 0.05) is 11.3 Å². The molecule has 1 heterocycles. The van der Waals surface area contributed by atoms with E-state index in [-0.39, 0.29) is 12.1 Å². The molecule has 7 heteroatoms. The zero-order valence-electron chi connectivity index (χ0n) is 17.3. The number of methoxy groups -OCH3 is 2.